The number of halogens is 3. The van der Waals surface area contributed by atoms with Gasteiger partial charge in [-0.3, -0.25) is 0 Å². The second-order valence-corrected chi connectivity index (χ2v) is 10.2. The van der Waals surface area contributed by atoms with Gasteiger partial charge in [0.15, 0.2) is 0 Å². The highest BCUT2D eigenvalue weighted by Crippen LogP contribution is 2.29. The van der Waals surface area contributed by atoms with Gasteiger partial charge in [0.2, 0.25) is 9.67 Å². The van der Waals surface area contributed by atoms with E-state index < -0.39 is 9.89 Å². The number of rotatable bonds is 4. The van der Waals surface area contributed by atoms with E-state index in [4.69, 9.17) is 39.5 Å². The number of nitrogens with zero attached hydrogens (tertiary/aromatic N) is 2. The number of carbonyl (C=O) groups is 1. The Kier molecular flexibility index (Phi) is 6.72. The molecule has 0 bridgehead atoms. The lowest BCUT2D eigenvalue weighted by atomic mass is 9.93. The molecule has 148 valence electrons. The third kappa shape index (κ3) is 6.30. The summed E-state index contributed by atoms with van der Waals surface area (Å²) in [6.07, 6.45) is -0.721. The lowest BCUT2D eigenvalue weighted by Gasteiger charge is -2.14. The smallest absolute Gasteiger partial charge is 0.391 e. The van der Waals surface area contributed by atoms with Gasteiger partial charge in [-0.2, -0.15) is 5.10 Å². The van der Waals surface area contributed by atoms with Gasteiger partial charge in [0, 0.05) is 11.5 Å². The van der Waals surface area contributed by atoms with Crippen LogP contribution in [0.25, 0.3) is 5.69 Å². The highest BCUT2D eigenvalue weighted by atomic mass is 35.6. The summed E-state index contributed by atoms with van der Waals surface area (Å²) >= 11 is 17.0. The summed E-state index contributed by atoms with van der Waals surface area (Å²) in [5, 5.41) is 7.05. The van der Waals surface area contributed by atoms with Gasteiger partial charge in [-0.25, -0.2) is 9.48 Å². The Labute approximate surface area is 174 Å². The van der Waals surface area contributed by atoms with Crippen LogP contribution in [-0.4, -0.2) is 26.2 Å². The second-order valence-electron chi connectivity index (χ2n) is 7.63. The number of hydrogen-bond donors (Lipinski definition) is 1. The van der Waals surface area contributed by atoms with Crippen LogP contribution in [0.15, 0.2) is 30.3 Å². The minimum atomic E-state index is -1.59. The normalized spacial score (nSPS) is 12.3. The van der Waals surface area contributed by atoms with E-state index in [0.717, 1.165) is 11.4 Å². The van der Waals surface area contributed by atoms with E-state index in [0.29, 0.717) is 11.8 Å². The van der Waals surface area contributed by atoms with Gasteiger partial charge in [0.25, 0.3) is 0 Å². The molecule has 0 unspecified atom stereocenters. The van der Waals surface area contributed by atoms with Crippen LogP contribution in [0.4, 0.5) is 4.79 Å². The molecule has 0 fully saturated rings. The molecule has 0 saturated carbocycles. The van der Waals surface area contributed by atoms with Crippen molar-refractivity contribution in [2.75, 3.05) is 6.54 Å². The maximum absolute atomic E-state index is 12.1. The van der Waals surface area contributed by atoms with Crippen LogP contribution in [0.5, 0.6) is 5.88 Å². The Hall–Kier alpha value is -1.43. The average molecular weight is 433 g/mol. The molecule has 0 aliphatic heterocycles. The fourth-order valence-corrected chi connectivity index (χ4v) is 2.49. The van der Waals surface area contributed by atoms with Crippen LogP contribution in [0.3, 0.4) is 0 Å². The van der Waals surface area contributed by atoms with Crippen molar-refractivity contribution in [2.24, 2.45) is 0 Å². The number of benzene rings is 1. The van der Waals surface area contributed by atoms with E-state index in [-0.39, 0.29) is 12.0 Å². The van der Waals surface area contributed by atoms with Gasteiger partial charge in [-0.05, 0) is 23.6 Å². The Bertz CT molecular complexity index is 788. The zero-order valence-corrected chi connectivity index (χ0v) is 18.3. The van der Waals surface area contributed by atoms with Crippen LogP contribution >= 0.6 is 34.8 Å². The first kappa shape index (κ1) is 21.9. The van der Waals surface area contributed by atoms with E-state index >= 15 is 0 Å². The van der Waals surface area contributed by atoms with Gasteiger partial charge in [-0.1, -0.05) is 81.6 Å². The molecule has 0 radical (unpaired) electrons. The fourth-order valence-electron chi connectivity index (χ4n) is 2.29. The van der Waals surface area contributed by atoms with E-state index in [9.17, 15) is 4.79 Å². The molecule has 1 heterocycles. The topological polar surface area (TPSA) is 56.2 Å². The maximum Gasteiger partial charge on any atom is 0.414 e. The minimum absolute atomic E-state index is 0.167. The summed E-state index contributed by atoms with van der Waals surface area (Å²) < 4.78 is 5.43. The van der Waals surface area contributed by atoms with E-state index in [2.05, 4.69) is 24.3 Å². The van der Waals surface area contributed by atoms with Crippen LogP contribution in [0.1, 0.15) is 51.8 Å². The van der Waals surface area contributed by atoms with Crippen LogP contribution < -0.4 is 10.1 Å². The first-order valence-corrected chi connectivity index (χ1v) is 9.73. The molecule has 1 amide bonds. The van der Waals surface area contributed by atoms with Crippen molar-refractivity contribution < 1.29 is 9.53 Å². The van der Waals surface area contributed by atoms with Crippen molar-refractivity contribution in [3.05, 3.63) is 41.6 Å². The van der Waals surface area contributed by atoms with Gasteiger partial charge in [-0.15, -0.1) is 0 Å². The maximum atomic E-state index is 12.1. The minimum Gasteiger partial charge on any atom is -0.391 e. The number of alkyl halides is 3. The predicted octanol–water partition coefficient (Wildman–Crippen LogP) is 5.75. The van der Waals surface area contributed by atoms with Gasteiger partial charge in [0.1, 0.15) is 0 Å². The van der Waals surface area contributed by atoms with E-state index in [1.165, 1.54) is 5.56 Å². The van der Waals surface area contributed by atoms with Crippen molar-refractivity contribution in [3.8, 4) is 11.6 Å². The molecule has 0 atom stereocenters. The second kappa shape index (κ2) is 8.29. The molecule has 27 heavy (non-hydrogen) atoms. The quantitative estimate of drug-likeness (QED) is 0.626. The van der Waals surface area contributed by atoms with Gasteiger partial charge in [0.05, 0.1) is 17.9 Å². The van der Waals surface area contributed by atoms with Crippen molar-refractivity contribution in [1.29, 1.82) is 0 Å². The lowest BCUT2D eigenvalue weighted by molar-refractivity contribution is 0.197. The zero-order valence-electron chi connectivity index (χ0n) is 16.0. The molecule has 0 saturated heterocycles. The monoisotopic (exact) mass is 431 g/mol. The Morgan fingerprint density at radius 1 is 1.19 bits per heavy atom. The first-order valence-electron chi connectivity index (χ1n) is 8.60. The molecule has 1 aromatic carbocycles. The number of carbonyl (C=O) groups excluding carboxylic acids is 1. The number of ether oxygens (including phenoxy) is 1. The highest BCUT2D eigenvalue weighted by molar-refractivity contribution is 6.67. The molecule has 8 heteroatoms. The Morgan fingerprint density at radius 3 is 2.26 bits per heavy atom. The molecule has 5 nitrogen and oxygen atoms in total. The molecule has 2 aromatic rings. The number of amides is 1. The lowest BCUT2D eigenvalue weighted by Crippen LogP contribution is -2.34. The summed E-state index contributed by atoms with van der Waals surface area (Å²) in [4.78, 5) is 12.1. The first-order chi connectivity index (χ1) is 12.4. The average Bonchev–Trinajstić information content (AvgIpc) is 2.96. The number of aromatic nitrogens is 2. The van der Waals surface area contributed by atoms with E-state index in [1.807, 2.05) is 45.0 Å². The third-order valence-corrected chi connectivity index (χ3v) is 4.28. The summed E-state index contributed by atoms with van der Waals surface area (Å²) in [6.45, 7) is 10.2. The largest absolute Gasteiger partial charge is 0.414 e. The molecule has 1 aromatic heterocycles. The van der Waals surface area contributed by atoms with Gasteiger partial charge >= 0.3 is 6.09 Å². The van der Waals surface area contributed by atoms with E-state index in [1.54, 1.807) is 10.7 Å². The summed E-state index contributed by atoms with van der Waals surface area (Å²) in [7, 11) is 0. The van der Waals surface area contributed by atoms with Crippen molar-refractivity contribution in [1.82, 2.24) is 15.1 Å². The number of nitrogens with one attached hydrogen (secondary N) is 1. The Balaban J connectivity index is 2.32. The SMILES string of the molecule is CC(C)c1ccc(-n2nc(C(C)(C)C)cc2OC(=O)NCC(Cl)(Cl)Cl)cc1. The summed E-state index contributed by atoms with van der Waals surface area (Å²) in [6, 6.07) is 9.70. The van der Waals surface area contributed by atoms with Crippen molar-refractivity contribution >= 4 is 40.9 Å². The van der Waals surface area contributed by atoms with Gasteiger partial charge < -0.3 is 10.1 Å². The third-order valence-electron chi connectivity index (χ3n) is 3.88. The van der Waals surface area contributed by atoms with Crippen molar-refractivity contribution in [3.63, 3.8) is 0 Å². The summed E-state index contributed by atoms with van der Waals surface area (Å²) in [5.74, 6) is 0.712. The van der Waals surface area contributed by atoms with Crippen LogP contribution in [0.2, 0.25) is 0 Å². The molecule has 1 N–H and O–H groups in total. The van der Waals surface area contributed by atoms with Crippen molar-refractivity contribution in [2.45, 2.75) is 49.7 Å². The molecule has 0 spiro atoms. The summed E-state index contributed by atoms with van der Waals surface area (Å²) in [5.41, 5.74) is 2.58. The molecular formula is C19H24Cl3N3O2. The molecule has 0 aliphatic carbocycles. The molecule has 2 rings (SSSR count). The zero-order chi connectivity index (χ0) is 20.4. The molecule has 0 aliphatic rings. The highest BCUT2D eigenvalue weighted by Gasteiger charge is 2.24. The fraction of sp³-hybridized carbons (Fsp3) is 0.474. The van der Waals surface area contributed by atoms with Crippen LogP contribution in [0, 0.1) is 0 Å². The molecular weight excluding hydrogens is 409 g/mol. The predicted molar refractivity (Wildman–Crippen MR) is 111 cm³/mol. The van der Waals surface area contributed by atoms with Crippen LogP contribution in [-0.2, 0) is 5.41 Å². The Morgan fingerprint density at radius 2 is 1.78 bits per heavy atom. The standard InChI is InChI=1S/C19H24Cl3N3O2/c1-12(2)13-6-8-14(9-7-13)25-16(10-15(24-25)18(3,4)5)27-17(26)23-11-19(20,21)22/h6-10,12H,11H2,1-5H3,(H,23,26). The number of hydrogen-bond acceptors (Lipinski definition) is 3.